The second-order valence-corrected chi connectivity index (χ2v) is 7.02. The molecule has 3 N–H and O–H groups in total. The van der Waals surface area contributed by atoms with Crippen LogP contribution in [-0.4, -0.2) is 35.8 Å². The molecule has 0 spiro atoms. The maximum atomic E-state index is 14.8. The summed E-state index contributed by atoms with van der Waals surface area (Å²) >= 11 is 0. The molecule has 10 heteroatoms. The minimum absolute atomic E-state index is 0.0857. The highest BCUT2D eigenvalue weighted by Crippen LogP contribution is 2.51. The number of carbonyl (C=O) groups is 1. The number of ether oxygens (including phenoxy) is 2. The van der Waals surface area contributed by atoms with Gasteiger partial charge in [0.05, 0.1) is 29.8 Å². The van der Waals surface area contributed by atoms with E-state index in [-0.39, 0.29) is 33.5 Å². The molecule has 0 aliphatic rings. The van der Waals surface area contributed by atoms with Gasteiger partial charge in [-0.1, -0.05) is 6.07 Å². The topological polar surface area (TPSA) is 114 Å². The summed E-state index contributed by atoms with van der Waals surface area (Å²) in [4.78, 5) is 18.1. The SMILES string of the molecule is COc1cc(C)cc(C)c1C(OCC(N)=O)(c1nc2ccc(C#N)cc2[nH]1)C(F)(F)F. The molecule has 1 heterocycles. The van der Waals surface area contributed by atoms with Crippen molar-refractivity contribution in [2.75, 3.05) is 13.7 Å². The van der Waals surface area contributed by atoms with Crippen LogP contribution in [0.5, 0.6) is 5.75 Å². The molecular formula is C21H19F3N4O3. The number of nitrogens with one attached hydrogen (secondary N) is 1. The number of alkyl halides is 3. The smallest absolute Gasteiger partial charge is 0.429 e. The molecule has 0 bridgehead atoms. The van der Waals surface area contributed by atoms with Gasteiger partial charge in [0.25, 0.3) is 5.60 Å². The number of hydrogen-bond donors (Lipinski definition) is 2. The normalized spacial score (nSPS) is 13.6. The quantitative estimate of drug-likeness (QED) is 0.620. The zero-order valence-electron chi connectivity index (χ0n) is 16.9. The van der Waals surface area contributed by atoms with Gasteiger partial charge < -0.3 is 20.2 Å². The number of methoxy groups -OCH3 is 1. The van der Waals surface area contributed by atoms with Crippen LogP contribution in [0.25, 0.3) is 11.0 Å². The lowest BCUT2D eigenvalue weighted by atomic mass is 9.86. The van der Waals surface area contributed by atoms with Crippen LogP contribution in [0.3, 0.4) is 0 Å². The van der Waals surface area contributed by atoms with E-state index in [0.29, 0.717) is 5.56 Å². The van der Waals surface area contributed by atoms with E-state index in [1.54, 1.807) is 13.0 Å². The largest absolute Gasteiger partial charge is 0.496 e. The molecule has 0 saturated heterocycles. The van der Waals surface area contributed by atoms with Gasteiger partial charge in [0.15, 0.2) is 5.82 Å². The van der Waals surface area contributed by atoms with Gasteiger partial charge in [-0.3, -0.25) is 4.79 Å². The zero-order chi connectivity index (χ0) is 23.0. The molecule has 162 valence electrons. The van der Waals surface area contributed by atoms with E-state index in [9.17, 15) is 18.0 Å². The lowest BCUT2D eigenvalue weighted by Crippen LogP contribution is -2.49. The highest BCUT2D eigenvalue weighted by atomic mass is 19.4. The number of nitrogens with zero attached hydrogens (tertiary/aromatic N) is 2. The molecular weight excluding hydrogens is 413 g/mol. The molecule has 0 aliphatic heterocycles. The van der Waals surface area contributed by atoms with Crippen molar-refractivity contribution in [1.82, 2.24) is 9.97 Å². The van der Waals surface area contributed by atoms with E-state index in [2.05, 4.69) is 9.97 Å². The monoisotopic (exact) mass is 432 g/mol. The maximum absolute atomic E-state index is 14.8. The predicted molar refractivity (Wildman–Crippen MR) is 105 cm³/mol. The van der Waals surface area contributed by atoms with E-state index < -0.39 is 30.1 Å². The Bertz CT molecular complexity index is 1200. The summed E-state index contributed by atoms with van der Waals surface area (Å²) in [6.45, 7) is 2.18. The van der Waals surface area contributed by atoms with Crippen LogP contribution in [0.15, 0.2) is 30.3 Å². The fraction of sp³-hybridized carbons (Fsp3) is 0.286. The number of nitrogens with two attached hydrogens (primary N) is 1. The second kappa shape index (κ2) is 7.92. The summed E-state index contributed by atoms with van der Waals surface area (Å²) in [5.74, 6) is -1.78. The fourth-order valence-electron chi connectivity index (χ4n) is 3.58. The number of primary amides is 1. The fourth-order valence-corrected chi connectivity index (χ4v) is 3.58. The number of imidazole rings is 1. The summed E-state index contributed by atoms with van der Waals surface area (Å²) in [6, 6.07) is 9.13. The Morgan fingerprint density at radius 3 is 2.55 bits per heavy atom. The Morgan fingerprint density at radius 2 is 1.97 bits per heavy atom. The number of fused-ring (bicyclic) bond motifs is 1. The Kier molecular flexibility index (Phi) is 5.65. The van der Waals surface area contributed by atoms with Crippen LogP contribution < -0.4 is 10.5 Å². The van der Waals surface area contributed by atoms with E-state index >= 15 is 0 Å². The first kappa shape index (κ1) is 22.1. The number of carbonyl (C=O) groups excluding carboxylic acids is 1. The average Bonchev–Trinajstić information content (AvgIpc) is 3.11. The Balaban J connectivity index is 2.42. The summed E-state index contributed by atoms with van der Waals surface area (Å²) in [7, 11) is 1.24. The molecule has 3 aromatic rings. The molecule has 0 radical (unpaired) electrons. The van der Waals surface area contributed by atoms with Crippen molar-refractivity contribution in [3.8, 4) is 11.8 Å². The van der Waals surface area contributed by atoms with E-state index in [4.69, 9.17) is 20.5 Å². The molecule has 1 aromatic heterocycles. The summed E-state index contributed by atoms with van der Waals surface area (Å²) in [6.07, 6.45) is -5.07. The summed E-state index contributed by atoms with van der Waals surface area (Å²) < 4.78 is 55.0. The van der Waals surface area contributed by atoms with Gasteiger partial charge in [-0.2, -0.15) is 18.4 Å². The number of H-pyrrole nitrogens is 1. The van der Waals surface area contributed by atoms with Gasteiger partial charge in [-0.25, -0.2) is 4.98 Å². The van der Waals surface area contributed by atoms with Crippen LogP contribution in [-0.2, 0) is 15.1 Å². The standard InChI is InChI=1S/C21H19F3N4O3/c1-11-6-12(2)18(16(7-11)30-3)20(21(22,23)24,31-10-17(26)29)19-27-14-5-4-13(9-25)8-15(14)28-19/h4-8H,10H2,1-3H3,(H2,26,29)(H,27,28). The number of aryl methyl sites for hydroxylation is 2. The summed E-state index contributed by atoms with van der Waals surface area (Å²) in [5.41, 5.74) is 3.10. The Morgan fingerprint density at radius 1 is 1.26 bits per heavy atom. The zero-order valence-corrected chi connectivity index (χ0v) is 16.9. The van der Waals surface area contributed by atoms with Crippen LogP contribution in [0, 0.1) is 25.2 Å². The highest BCUT2D eigenvalue weighted by molar-refractivity contribution is 5.78. The average molecular weight is 432 g/mol. The molecule has 3 rings (SSSR count). The minimum atomic E-state index is -5.07. The first-order chi connectivity index (χ1) is 14.5. The molecule has 1 unspecified atom stereocenters. The van der Waals surface area contributed by atoms with Gasteiger partial charge in [-0.05, 0) is 49.2 Å². The second-order valence-electron chi connectivity index (χ2n) is 7.02. The first-order valence-electron chi connectivity index (χ1n) is 9.08. The van der Waals surface area contributed by atoms with Crippen molar-refractivity contribution < 1.29 is 27.4 Å². The number of aromatic amines is 1. The number of aromatic nitrogens is 2. The summed E-state index contributed by atoms with van der Waals surface area (Å²) in [5, 5.41) is 9.09. The van der Waals surface area contributed by atoms with E-state index in [1.807, 2.05) is 6.07 Å². The van der Waals surface area contributed by atoms with E-state index in [0.717, 1.165) is 0 Å². The number of hydrogen-bond acceptors (Lipinski definition) is 5. The van der Waals surface area contributed by atoms with Crippen LogP contribution >= 0.6 is 0 Å². The third kappa shape index (κ3) is 3.80. The lowest BCUT2D eigenvalue weighted by Gasteiger charge is -2.36. The first-order valence-corrected chi connectivity index (χ1v) is 9.08. The molecule has 31 heavy (non-hydrogen) atoms. The van der Waals surface area contributed by atoms with Gasteiger partial charge in [-0.15, -0.1) is 0 Å². The predicted octanol–water partition coefficient (Wildman–Crippen LogP) is 3.37. The Hall–Kier alpha value is -3.58. The van der Waals surface area contributed by atoms with Crippen molar-refractivity contribution >= 4 is 16.9 Å². The van der Waals surface area contributed by atoms with Crippen molar-refractivity contribution in [3.05, 3.63) is 58.4 Å². The maximum Gasteiger partial charge on any atom is 0.429 e. The number of benzene rings is 2. The van der Waals surface area contributed by atoms with Gasteiger partial charge in [0.2, 0.25) is 5.91 Å². The number of halogens is 3. The molecule has 0 aliphatic carbocycles. The number of amides is 1. The molecule has 0 saturated carbocycles. The molecule has 1 amide bonds. The van der Waals surface area contributed by atoms with Gasteiger partial charge >= 0.3 is 6.18 Å². The Labute approximate surface area is 175 Å². The van der Waals surface area contributed by atoms with Crippen molar-refractivity contribution in [1.29, 1.82) is 5.26 Å². The molecule has 0 fully saturated rings. The van der Waals surface area contributed by atoms with Crippen LogP contribution in [0.1, 0.15) is 28.1 Å². The van der Waals surface area contributed by atoms with E-state index in [1.165, 1.54) is 38.3 Å². The third-order valence-electron chi connectivity index (χ3n) is 4.79. The van der Waals surface area contributed by atoms with Gasteiger partial charge in [0.1, 0.15) is 12.4 Å². The molecule has 1 atom stereocenters. The van der Waals surface area contributed by atoms with Gasteiger partial charge in [0, 0.05) is 5.56 Å². The van der Waals surface area contributed by atoms with Crippen molar-refractivity contribution in [3.63, 3.8) is 0 Å². The molecule has 7 nitrogen and oxygen atoms in total. The number of rotatable bonds is 6. The number of nitriles is 1. The van der Waals surface area contributed by atoms with Crippen molar-refractivity contribution in [2.24, 2.45) is 5.73 Å². The minimum Gasteiger partial charge on any atom is -0.496 e. The van der Waals surface area contributed by atoms with Crippen molar-refractivity contribution in [2.45, 2.75) is 25.6 Å². The van der Waals surface area contributed by atoms with Crippen LogP contribution in [0.4, 0.5) is 13.2 Å². The lowest BCUT2D eigenvalue weighted by molar-refractivity contribution is -0.268. The van der Waals surface area contributed by atoms with Crippen LogP contribution in [0.2, 0.25) is 0 Å². The third-order valence-corrected chi connectivity index (χ3v) is 4.79. The molecule has 2 aromatic carbocycles. The highest BCUT2D eigenvalue weighted by Gasteiger charge is 2.63.